The topological polar surface area (TPSA) is 93.1 Å². The van der Waals surface area contributed by atoms with Crippen molar-refractivity contribution in [2.45, 2.75) is 20.3 Å². The SMILES string of the molecule is Cc1[nH+]c(NCCc2ccccc2)c(C#N)c(C)c1[N+](=O)[O-]. The van der Waals surface area contributed by atoms with Crippen LogP contribution in [0.3, 0.4) is 0 Å². The summed E-state index contributed by atoms with van der Waals surface area (Å²) < 4.78 is 0. The van der Waals surface area contributed by atoms with Crippen molar-refractivity contribution < 1.29 is 9.91 Å². The van der Waals surface area contributed by atoms with E-state index in [4.69, 9.17) is 0 Å². The fourth-order valence-electron chi connectivity index (χ4n) is 2.42. The lowest BCUT2D eigenvalue weighted by molar-refractivity contribution is -0.419. The predicted octanol–water partition coefficient (Wildman–Crippen LogP) is 2.55. The first-order valence-electron chi connectivity index (χ1n) is 6.93. The molecule has 0 fully saturated rings. The Morgan fingerprint density at radius 1 is 1.32 bits per heavy atom. The number of nitrogens with zero attached hydrogens (tertiary/aromatic N) is 2. The first-order valence-corrected chi connectivity index (χ1v) is 6.93. The molecule has 0 saturated heterocycles. The number of aryl methyl sites for hydroxylation is 1. The second-order valence-electron chi connectivity index (χ2n) is 5.00. The molecule has 1 aromatic carbocycles. The maximum Gasteiger partial charge on any atom is 0.315 e. The largest absolute Gasteiger partial charge is 0.315 e. The Balaban J connectivity index is 2.21. The number of H-pyrrole nitrogens is 1. The van der Waals surface area contributed by atoms with Crippen LogP contribution in [0.15, 0.2) is 30.3 Å². The quantitative estimate of drug-likeness (QED) is 0.678. The molecule has 0 aliphatic heterocycles. The highest BCUT2D eigenvalue weighted by molar-refractivity contribution is 5.59. The van der Waals surface area contributed by atoms with Crippen molar-refractivity contribution in [3.05, 3.63) is 62.8 Å². The van der Waals surface area contributed by atoms with Gasteiger partial charge in [-0.15, -0.1) is 0 Å². The van der Waals surface area contributed by atoms with Crippen LogP contribution in [-0.4, -0.2) is 11.5 Å². The van der Waals surface area contributed by atoms with Crippen molar-refractivity contribution in [2.24, 2.45) is 0 Å². The average molecular weight is 297 g/mol. The Morgan fingerprint density at radius 3 is 2.59 bits per heavy atom. The number of aromatic nitrogens is 1. The van der Waals surface area contributed by atoms with E-state index in [1.165, 1.54) is 5.56 Å². The first kappa shape index (κ1) is 15.4. The van der Waals surface area contributed by atoms with Crippen molar-refractivity contribution in [3.8, 4) is 6.07 Å². The van der Waals surface area contributed by atoms with Gasteiger partial charge >= 0.3 is 5.69 Å². The van der Waals surface area contributed by atoms with E-state index >= 15 is 0 Å². The zero-order valence-electron chi connectivity index (χ0n) is 12.5. The molecule has 0 aliphatic carbocycles. The molecule has 0 atom stereocenters. The molecule has 0 radical (unpaired) electrons. The third-order valence-corrected chi connectivity index (χ3v) is 3.50. The van der Waals surface area contributed by atoms with Gasteiger partial charge in [0, 0.05) is 13.3 Å². The van der Waals surface area contributed by atoms with Crippen LogP contribution in [0.25, 0.3) is 0 Å². The summed E-state index contributed by atoms with van der Waals surface area (Å²) in [7, 11) is 0. The van der Waals surface area contributed by atoms with Gasteiger partial charge in [-0.3, -0.25) is 15.4 Å². The molecule has 1 aromatic heterocycles. The van der Waals surface area contributed by atoms with E-state index in [0.29, 0.717) is 23.6 Å². The molecule has 0 amide bonds. The maximum absolute atomic E-state index is 11.1. The second-order valence-corrected chi connectivity index (χ2v) is 5.00. The van der Waals surface area contributed by atoms with E-state index in [1.807, 2.05) is 36.4 Å². The molecular weight excluding hydrogens is 280 g/mol. The molecule has 0 aliphatic rings. The van der Waals surface area contributed by atoms with E-state index in [9.17, 15) is 15.4 Å². The minimum atomic E-state index is -0.463. The normalized spacial score (nSPS) is 10.0. The molecular formula is C16H17N4O2+. The summed E-state index contributed by atoms with van der Waals surface area (Å²) in [4.78, 5) is 13.5. The summed E-state index contributed by atoms with van der Waals surface area (Å²) in [6.07, 6.45) is 0.800. The Morgan fingerprint density at radius 2 is 2.00 bits per heavy atom. The van der Waals surface area contributed by atoms with Gasteiger partial charge in [0.2, 0.25) is 0 Å². The highest BCUT2D eigenvalue weighted by Gasteiger charge is 2.26. The number of nitro groups is 1. The summed E-state index contributed by atoms with van der Waals surface area (Å²) in [5.41, 5.74) is 2.24. The van der Waals surface area contributed by atoms with Crippen molar-refractivity contribution in [1.82, 2.24) is 0 Å². The predicted molar refractivity (Wildman–Crippen MR) is 82.5 cm³/mol. The van der Waals surface area contributed by atoms with Crippen LogP contribution in [0.2, 0.25) is 0 Å². The number of anilines is 1. The lowest BCUT2D eigenvalue weighted by Gasteiger charge is -2.06. The highest BCUT2D eigenvalue weighted by atomic mass is 16.6. The van der Waals surface area contributed by atoms with Gasteiger partial charge in [-0.25, -0.2) is 4.98 Å². The Bertz CT molecular complexity index is 736. The van der Waals surface area contributed by atoms with Crippen LogP contribution in [0.5, 0.6) is 0 Å². The first-order chi connectivity index (χ1) is 10.5. The fraction of sp³-hybridized carbons (Fsp3) is 0.250. The van der Waals surface area contributed by atoms with Crippen molar-refractivity contribution in [2.75, 3.05) is 11.9 Å². The monoisotopic (exact) mass is 297 g/mol. The number of hydrogen-bond donors (Lipinski definition) is 1. The average Bonchev–Trinajstić information content (AvgIpc) is 2.48. The van der Waals surface area contributed by atoms with Gasteiger partial charge in [-0.05, 0) is 12.5 Å². The van der Waals surface area contributed by atoms with E-state index in [-0.39, 0.29) is 11.3 Å². The van der Waals surface area contributed by atoms with Gasteiger partial charge in [0.25, 0.3) is 5.82 Å². The number of nitrogens with one attached hydrogen (secondary N) is 2. The van der Waals surface area contributed by atoms with Gasteiger partial charge in [0.1, 0.15) is 6.07 Å². The van der Waals surface area contributed by atoms with Crippen molar-refractivity contribution in [3.63, 3.8) is 0 Å². The van der Waals surface area contributed by atoms with Crippen LogP contribution >= 0.6 is 0 Å². The molecule has 0 spiro atoms. The maximum atomic E-state index is 11.1. The number of rotatable bonds is 5. The summed E-state index contributed by atoms with van der Waals surface area (Å²) in [6, 6.07) is 12.0. The number of aromatic amines is 1. The van der Waals surface area contributed by atoms with Crippen molar-refractivity contribution in [1.29, 1.82) is 5.26 Å². The summed E-state index contributed by atoms with van der Waals surface area (Å²) in [6.45, 7) is 3.86. The molecule has 112 valence electrons. The molecule has 2 rings (SSSR count). The minimum Gasteiger partial charge on any atom is -0.273 e. The zero-order chi connectivity index (χ0) is 16.1. The van der Waals surface area contributed by atoms with E-state index in [0.717, 1.165) is 6.42 Å². The van der Waals surface area contributed by atoms with Gasteiger partial charge < -0.3 is 0 Å². The Labute approximate surface area is 128 Å². The molecule has 2 aromatic rings. The summed E-state index contributed by atoms with van der Waals surface area (Å²) in [5.74, 6) is 0.527. The van der Waals surface area contributed by atoms with E-state index < -0.39 is 4.92 Å². The molecule has 6 heteroatoms. The van der Waals surface area contributed by atoms with Gasteiger partial charge in [0.15, 0.2) is 11.3 Å². The molecule has 0 bridgehead atoms. The summed E-state index contributed by atoms with van der Waals surface area (Å²) >= 11 is 0. The van der Waals surface area contributed by atoms with Crippen LogP contribution in [-0.2, 0) is 6.42 Å². The lowest BCUT2D eigenvalue weighted by Crippen LogP contribution is -2.22. The standard InChI is InChI=1S/C16H16N4O2/c1-11-14(10-17)16(19-12(2)15(11)20(21)22)18-9-8-13-6-4-3-5-7-13/h3-7H,8-9H2,1-2H3,(H,18,19)/p+1. The zero-order valence-corrected chi connectivity index (χ0v) is 12.5. The Kier molecular flexibility index (Phi) is 4.69. The number of benzene rings is 1. The van der Waals surface area contributed by atoms with Gasteiger partial charge in [-0.1, -0.05) is 30.3 Å². The highest BCUT2D eigenvalue weighted by Crippen LogP contribution is 2.25. The molecule has 0 saturated carbocycles. The van der Waals surface area contributed by atoms with E-state index in [2.05, 4.69) is 10.3 Å². The summed E-state index contributed by atoms with van der Waals surface area (Å²) in [5, 5.41) is 23.5. The van der Waals surface area contributed by atoms with Crippen LogP contribution in [0.1, 0.15) is 22.4 Å². The molecule has 6 nitrogen and oxygen atoms in total. The van der Waals surface area contributed by atoms with Crippen LogP contribution in [0, 0.1) is 35.3 Å². The number of hydrogen-bond acceptors (Lipinski definition) is 4. The third kappa shape index (κ3) is 3.20. The lowest BCUT2D eigenvalue weighted by atomic mass is 10.1. The number of nitriles is 1. The second kappa shape index (κ2) is 6.68. The van der Waals surface area contributed by atoms with Gasteiger partial charge in [0.05, 0.1) is 17.0 Å². The molecule has 2 N–H and O–H groups in total. The van der Waals surface area contributed by atoms with Crippen LogP contribution < -0.4 is 10.3 Å². The number of pyridine rings is 1. The molecule has 0 unspecified atom stereocenters. The van der Waals surface area contributed by atoms with Gasteiger partial charge in [-0.2, -0.15) is 5.26 Å². The van der Waals surface area contributed by atoms with Crippen molar-refractivity contribution >= 4 is 11.5 Å². The molecule has 22 heavy (non-hydrogen) atoms. The molecule has 1 heterocycles. The van der Waals surface area contributed by atoms with Crippen LogP contribution in [0.4, 0.5) is 11.5 Å². The minimum absolute atomic E-state index is 0.0369. The van der Waals surface area contributed by atoms with E-state index in [1.54, 1.807) is 13.8 Å². The fourth-order valence-corrected chi connectivity index (χ4v) is 2.42. The Hall–Kier alpha value is -2.94. The smallest absolute Gasteiger partial charge is 0.273 e. The third-order valence-electron chi connectivity index (χ3n) is 3.50.